The molecule has 5 nitrogen and oxygen atoms in total. The first kappa shape index (κ1) is 20.8. The van der Waals surface area contributed by atoms with Crippen molar-refractivity contribution in [2.24, 2.45) is 4.99 Å². The van der Waals surface area contributed by atoms with Crippen LogP contribution in [0.15, 0.2) is 27.7 Å². The number of halogens is 4. The van der Waals surface area contributed by atoms with Crippen molar-refractivity contribution < 1.29 is 17.9 Å². The average molecular weight is 437 g/mol. The van der Waals surface area contributed by atoms with E-state index in [1.807, 2.05) is 25.1 Å². The minimum atomic E-state index is -4.16. The zero-order chi connectivity index (χ0) is 19.2. The normalized spacial score (nSPS) is 18.8. The van der Waals surface area contributed by atoms with Crippen LogP contribution in [0.2, 0.25) is 0 Å². The van der Waals surface area contributed by atoms with E-state index in [4.69, 9.17) is 4.74 Å². The Morgan fingerprint density at radius 3 is 2.85 bits per heavy atom. The molecule has 9 heteroatoms. The van der Waals surface area contributed by atoms with Gasteiger partial charge in [0.2, 0.25) is 0 Å². The molecule has 1 atom stereocenters. The van der Waals surface area contributed by atoms with Crippen LogP contribution in [0, 0.1) is 0 Å². The van der Waals surface area contributed by atoms with E-state index in [0.29, 0.717) is 38.6 Å². The molecule has 1 aliphatic rings. The third-order valence-electron chi connectivity index (χ3n) is 4.01. The maximum Gasteiger partial charge on any atom is 0.401 e. The Kier molecular flexibility index (Phi) is 7.57. The number of ether oxygens (including phenoxy) is 1. The first-order valence-electron chi connectivity index (χ1n) is 8.47. The molecule has 0 aromatic heterocycles. The SMILES string of the molecule is CCNC(=NCc1cc(Br)ccc1OC)NC1CCN(CC(F)(F)F)C1. The zero-order valence-electron chi connectivity index (χ0n) is 14.9. The number of hydrogen-bond donors (Lipinski definition) is 2. The van der Waals surface area contributed by atoms with Crippen molar-refractivity contribution in [2.45, 2.75) is 32.1 Å². The summed E-state index contributed by atoms with van der Waals surface area (Å²) in [6.07, 6.45) is -3.51. The Hall–Kier alpha value is -1.48. The Bertz CT molecular complexity index is 625. The fourth-order valence-electron chi connectivity index (χ4n) is 2.90. The van der Waals surface area contributed by atoms with Gasteiger partial charge in [-0.3, -0.25) is 4.90 Å². The molecule has 1 aliphatic heterocycles. The fraction of sp³-hybridized carbons (Fsp3) is 0.588. The van der Waals surface area contributed by atoms with Crippen LogP contribution in [0.25, 0.3) is 0 Å². The smallest absolute Gasteiger partial charge is 0.401 e. The predicted molar refractivity (Wildman–Crippen MR) is 99.5 cm³/mol. The van der Waals surface area contributed by atoms with Gasteiger partial charge in [-0.15, -0.1) is 0 Å². The van der Waals surface area contributed by atoms with Crippen LogP contribution >= 0.6 is 15.9 Å². The molecule has 0 saturated carbocycles. The number of aliphatic imine (C=N–C) groups is 1. The highest BCUT2D eigenvalue weighted by atomic mass is 79.9. The molecular weight excluding hydrogens is 413 g/mol. The van der Waals surface area contributed by atoms with Crippen molar-refractivity contribution in [3.63, 3.8) is 0 Å². The number of guanidine groups is 1. The first-order chi connectivity index (χ1) is 12.3. The van der Waals surface area contributed by atoms with Gasteiger partial charge >= 0.3 is 6.18 Å². The van der Waals surface area contributed by atoms with Gasteiger partial charge in [-0.1, -0.05) is 15.9 Å². The summed E-state index contributed by atoms with van der Waals surface area (Å²) in [5, 5.41) is 6.37. The number of methoxy groups -OCH3 is 1. The summed E-state index contributed by atoms with van der Waals surface area (Å²) in [5.41, 5.74) is 0.921. The van der Waals surface area contributed by atoms with Crippen molar-refractivity contribution in [3.8, 4) is 5.75 Å². The van der Waals surface area contributed by atoms with E-state index in [9.17, 15) is 13.2 Å². The van der Waals surface area contributed by atoms with Gasteiger partial charge in [0, 0.05) is 35.7 Å². The van der Waals surface area contributed by atoms with Crippen LogP contribution < -0.4 is 15.4 Å². The van der Waals surface area contributed by atoms with Crippen LogP contribution in [0.4, 0.5) is 13.2 Å². The number of benzene rings is 1. The van der Waals surface area contributed by atoms with E-state index in [-0.39, 0.29) is 6.04 Å². The van der Waals surface area contributed by atoms with E-state index in [2.05, 4.69) is 31.6 Å². The second-order valence-corrected chi connectivity index (χ2v) is 7.05. The molecule has 2 N–H and O–H groups in total. The van der Waals surface area contributed by atoms with Crippen molar-refractivity contribution in [1.29, 1.82) is 0 Å². The predicted octanol–water partition coefficient (Wildman–Crippen LogP) is 3.15. The van der Waals surface area contributed by atoms with Gasteiger partial charge in [-0.2, -0.15) is 13.2 Å². The third-order valence-corrected chi connectivity index (χ3v) is 4.50. The maximum atomic E-state index is 12.5. The molecule has 146 valence electrons. The molecule has 1 heterocycles. The Morgan fingerprint density at radius 2 is 2.19 bits per heavy atom. The van der Waals surface area contributed by atoms with E-state index >= 15 is 0 Å². The van der Waals surface area contributed by atoms with Crippen molar-refractivity contribution in [2.75, 3.05) is 33.3 Å². The molecular formula is C17H24BrF3N4O. The second-order valence-electron chi connectivity index (χ2n) is 6.13. The van der Waals surface area contributed by atoms with E-state index < -0.39 is 12.7 Å². The molecule has 1 fully saturated rings. The van der Waals surface area contributed by atoms with Gasteiger partial charge in [0.25, 0.3) is 0 Å². The van der Waals surface area contributed by atoms with Gasteiger partial charge in [-0.05, 0) is 31.5 Å². The summed E-state index contributed by atoms with van der Waals surface area (Å²) >= 11 is 3.43. The molecule has 1 unspecified atom stereocenters. The van der Waals surface area contributed by atoms with Gasteiger partial charge in [0.15, 0.2) is 5.96 Å². The van der Waals surface area contributed by atoms with Gasteiger partial charge in [0.05, 0.1) is 20.2 Å². The van der Waals surface area contributed by atoms with Crippen molar-refractivity contribution >= 4 is 21.9 Å². The average Bonchev–Trinajstić information content (AvgIpc) is 2.98. The van der Waals surface area contributed by atoms with Gasteiger partial charge < -0.3 is 15.4 Å². The molecule has 1 saturated heterocycles. The molecule has 0 amide bonds. The molecule has 26 heavy (non-hydrogen) atoms. The second kappa shape index (κ2) is 9.45. The summed E-state index contributed by atoms with van der Waals surface area (Å²) in [5.74, 6) is 1.33. The van der Waals surface area contributed by atoms with E-state index in [0.717, 1.165) is 15.8 Å². The fourth-order valence-corrected chi connectivity index (χ4v) is 3.30. The van der Waals surface area contributed by atoms with Crippen LogP contribution in [-0.4, -0.2) is 56.4 Å². The Labute approximate surface area is 160 Å². The number of hydrogen-bond acceptors (Lipinski definition) is 3. The molecule has 0 bridgehead atoms. The number of nitrogens with one attached hydrogen (secondary N) is 2. The summed E-state index contributed by atoms with van der Waals surface area (Å²) < 4.78 is 43.8. The van der Waals surface area contributed by atoms with Gasteiger partial charge in [-0.25, -0.2) is 4.99 Å². The zero-order valence-corrected chi connectivity index (χ0v) is 16.5. The molecule has 0 aliphatic carbocycles. The van der Waals surface area contributed by atoms with E-state index in [1.54, 1.807) is 7.11 Å². The monoisotopic (exact) mass is 436 g/mol. The standard InChI is InChI=1S/C17H24BrF3N4O/c1-3-22-16(23-9-12-8-13(18)4-5-15(12)26-2)24-14-6-7-25(10-14)11-17(19,20)21/h4-5,8,14H,3,6-7,9-11H2,1-2H3,(H2,22,23,24). The molecule has 0 spiro atoms. The largest absolute Gasteiger partial charge is 0.496 e. The highest BCUT2D eigenvalue weighted by molar-refractivity contribution is 9.10. The lowest BCUT2D eigenvalue weighted by atomic mass is 10.2. The first-order valence-corrected chi connectivity index (χ1v) is 9.26. The summed E-state index contributed by atoms with van der Waals surface area (Å²) in [4.78, 5) is 5.96. The van der Waals surface area contributed by atoms with Gasteiger partial charge in [0.1, 0.15) is 5.75 Å². The number of rotatable bonds is 6. The lowest BCUT2D eigenvalue weighted by Crippen LogP contribution is -2.45. The Morgan fingerprint density at radius 1 is 1.42 bits per heavy atom. The van der Waals surface area contributed by atoms with Crippen LogP contribution in [0.3, 0.4) is 0 Å². The number of nitrogens with zero attached hydrogens (tertiary/aromatic N) is 2. The lowest BCUT2D eigenvalue weighted by molar-refractivity contribution is -0.143. The molecule has 0 radical (unpaired) electrons. The third kappa shape index (κ3) is 6.68. The number of alkyl halides is 3. The molecule has 2 rings (SSSR count). The summed E-state index contributed by atoms with van der Waals surface area (Å²) in [6, 6.07) is 5.64. The van der Waals surface area contributed by atoms with Crippen LogP contribution in [0.1, 0.15) is 18.9 Å². The highest BCUT2D eigenvalue weighted by Crippen LogP contribution is 2.24. The summed E-state index contributed by atoms with van der Waals surface area (Å²) in [7, 11) is 1.60. The molecule has 1 aromatic carbocycles. The summed E-state index contributed by atoms with van der Waals surface area (Å²) in [6.45, 7) is 2.92. The van der Waals surface area contributed by atoms with E-state index in [1.165, 1.54) is 4.90 Å². The Balaban J connectivity index is 1.98. The van der Waals surface area contributed by atoms with Crippen LogP contribution in [-0.2, 0) is 6.54 Å². The van der Waals surface area contributed by atoms with Crippen molar-refractivity contribution in [1.82, 2.24) is 15.5 Å². The van der Waals surface area contributed by atoms with Crippen molar-refractivity contribution in [3.05, 3.63) is 28.2 Å². The number of likely N-dealkylation sites (tertiary alicyclic amines) is 1. The topological polar surface area (TPSA) is 48.9 Å². The lowest BCUT2D eigenvalue weighted by Gasteiger charge is -2.20. The minimum absolute atomic E-state index is 0.0560. The minimum Gasteiger partial charge on any atom is -0.496 e. The maximum absolute atomic E-state index is 12.5. The highest BCUT2D eigenvalue weighted by Gasteiger charge is 2.34. The quantitative estimate of drug-likeness (QED) is 0.531. The van der Waals surface area contributed by atoms with Crippen LogP contribution in [0.5, 0.6) is 5.75 Å². The molecule has 1 aromatic rings.